The summed E-state index contributed by atoms with van der Waals surface area (Å²) in [6.07, 6.45) is 1.55. The van der Waals surface area contributed by atoms with Crippen molar-refractivity contribution in [2.75, 3.05) is 5.73 Å². The van der Waals surface area contributed by atoms with Gasteiger partial charge in [-0.15, -0.1) is 0 Å². The highest BCUT2D eigenvalue weighted by molar-refractivity contribution is 9.10. The summed E-state index contributed by atoms with van der Waals surface area (Å²) < 4.78 is 6.63. The maximum Gasteiger partial charge on any atom is 0.145 e. The Bertz CT molecular complexity index is 576. The third-order valence-corrected chi connectivity index (χ3v) is 3.71. The van der Waals surface area contributed by atoms with Crippen LogP contribution in [0.4, 0.5) is 5.69 Å². The highest BCUT2D eigenvalue weighted by Gasteiger charge is 2.11. The number of nitrogens with zero attached hydrogens (tertiary/aromatic N) is 1. The molecular formula is C13H11BrCl2N2O. The van der Waals surface area contributed by atoms with Crippen LogP contribution in [0.1, 0.15) is 11.1 Å². The van der Waals surface area contributed by atoms with E-state index in [1.807, 2.05) is 13.0 Å². The summed E-state index contributed by atoms with van der Waals surface area (Å²) in [7, 11) is 0. The number of benzene rings is 1. The van der Waals surface area contributed by atoms with E-state index in [1.165, 1.54) is 0 Å². The molecule has 0 bridgehead atoms. The van der Waals surface area contributed by atoms with Gasteiger partial charge in [0.05, 0.1) is 10.7 Å². The molecule has 0 fully saturated rings. The molecule has 1 aromatic heterocycles. The Morgan fingerprint density at radius 3 is 2.74 bits per heavy atom. The molecule has 2 aromatic rings. The quantitative estimate of drug-likeness (QED) is 0.640. The molecule has 100 valence electrons. The molecular weight excluding hydrogens is 351 g/mol. The van der Waals surface area contributed by atoms with Crippen molar-refractivity contribution in [1.29, 1.82) is 0 Å². The Balaban J connectivity index is 2.24. The summed E-state index contributed by atoms with van der Waals surface area (Å²) in [4.78, 5) is 3.97. The van der Waals surface area contributed by atoms with E-state index in [-0.39, 0.29) is 6.61 Å². The van der Waals surface area contributed by atoms with Crippen LogP contribution in [0.5, 0.6) is 5.75 Å². The summed E-state index contributed by atoms with van der Waals surface area (Å²) in [5.41, 5.74) is 8.06. The zero-order valence-corrected chi connectivity index (χ0v) is 13.2. The second-order valence-corrected chi connectivity index (χ2v) is 5.67. The molecule has 2 N–H and O–H groups in total. The van der Waals surface area contributed by atoms with Crippen molar-refractivity contribution in [3.8, 4) is 5.75 Å². The number of halogens is 3. The van der Waals surface area contributed by atoms with E-state index >= 15 is 0 Å². The van der Waals surface area contributed by atoms with Gasteiger partial charge >= 0.3 is 0 Å². The van der Waals surface area contributed by atoms with Gasteiger partial charge in [-0.2, -0.15) is 0 Å². The second-order valence-electron chi connectivity index (χ2n) is 3.99. The zero-order chi connectivity index (χ0) is 14.0. The predicted octanol–water partition coefficient (Wildman–Crippen LogP) is 4.62. The first-order chi connectivity index (χ1) is 8.99. The number of rotatable bonds is 3. The fourth-order valence-electron chi connectivity index (χ4n) is 1.67. The molecule has 3 nitrogen and oxygen atoms in total. The standard InChI is InChI=1S/C13H11BrCl2N2O/c1-7-4-8(14)5-11(17)12(7)19-6-9-10(15)2-3-18-13(9)16/h2-5H,6,17H2,1H3. The maximum atomic E-state index is 6.06. The number of hydrogen-bond acceptors (Lipinski definition) is 3. The van der Waals surface area contributed by atoms with Gasteiger partial charge in [-0.05, 0) is 30.7 Å². The lowest BCUT2D eigenvalue weighted by atomic mass is 10.2. The SMILES string of the molecule is Cc1cc(Br)cc(N)c1OCc1c(Cl)ccnc1Cl. The van der Waals surface area contributed by atoms with Crippen LogP contribution in [0, 0.1) is 6.92 Å². The van der Waals surface area contributed by atoms with Crippen molar-refractivity contribution >= 4 is 44.8 Å². The molecule has 0 unspecified atom stereocenters. The Kier molecular flexibility index (Phi) is 4.55. The lowest BCUT2D eigenvalue weighted by molar-refractivity contribution is 0.305. The Morgan fingerprint density at radius 2 is 2.11 bits per heavy atom. The first kappa shape index (κ1) is 14.4. The van der Waals surface area contributed by atoms with Crippen LogP contribution in [-0.2, 0) is 6.61 Å². The van der Waals surface area contributed by atoms with Crippen molar-refractivity contribution in [3.63, 3.8) is 0 Å². The summed E-state index contributed by atoms with van der Waals surface area (Å²) in [6.45, 7) is 2.14. The van der Waals surface area contributed by atoms with Gasteiger partial charge in [0.2, 0.25) is 0 Å². The summed E-state index contributed by atoms with van der Waals surface area (Å²) in [6, 6.07) is 5.39. The number of aryl methyl sites for hydroxylation is 1. The molecule has 0 aliphatic heterocycles. The Morgan fingerprint density at radius 1 is 1.37 bits per heavy atom. The molecule has 0 atom stereocenters. The molecule has 0 saturated carbocycles. The zero-order valence-electron chi connectivity index (χ0n) is 10.1. The fourth-order valence-corrected chi connectivity index (χ4v) is 2.72. The largest absolute Gasteiger partial charge is 0.486 e. The van der Waals surface area contributed by atoms with Gasteiger partial charge in [-0.3, -0.25) is 0 Å². The molecule has 0 amide bonds. The molecule has 0 spiro atoms. The van der Waals surface area contributed by atoms with Gasteiger partial charge in [-0.25, -0.2) is 4.98 Å². The van der Waals surface area contributed by atoms with Gasteiger partial charge in [0, 0.05) is 16.2 Å². The van der Waals surface area contributed by atoms with Crippen LogP contribution in [0.2, 0.25) is 10.2 Å². The average molecular weight is 362 g/mol. The lowest BCUT2D eigenvalue weighted by Crippen LogP contribution is -2.02. The maximum absolute atomic E-state index is 6.06. The minimum Gasteiger partial charge on any atom is -0.486 e. The third kappa shape index (κ3) is 3.32. The molecule has 1 aromatic carbocycles. The number of nitrogen functional groups attached to an aromatic ring is 1. The van der Waals surface area contributed by atoms with Crippen molar-refractivity contribution in [2.24, 2.45) is 0 Å². The summed E-state index contributed by atoms with van der Waals surface area (Å²) >= 11 is 15.4. The normalized spacial score (nSPS) is 10.5. The lowest BCUT2D eigenvalue weighted by Gasteiger charge is -2.13. The van der Waals surface area contributed by atoms with Gasteiger partial charge in [0.25, 0.3) is 0 Å². The smallest absolute Gasteiger partial charge is 0.145 e. The number of hydrogen-bond donors (Lipinski definition) is 1. The molecule has 0 radical (unpaired) electrons. The van der Waals surface area contributed by atoms with Crippen LogP contribution in [-0.4, -0.2) is 4.98 Å². The number of anilines is 1. The van der Waals surface area contributed by atoms with Crippen molar-refractivity contribution in [1.82, 2.24) is 4.98 Å². The van der Waals surface area contributed by atoms with Gasteiger partial charge in [0.15, 0.2) is 0 Å². The highest BCUT2D eigenvalue weighted by Crippen LogP contribution is 2.32. The molecule has 0 saturated heterocycles. The minimum atomic E-state index is 0.220. The first-order valence-corrected chi connectivity index (χ1v) is 7.01. The fraction of sp³-hybridized carbons (Fsp3) is 0.154. The molecule has 19 heavy (non-hydrogen) atoms. The second kappa shape index (κ2) is 5.99. The number of nitrogens with two attached hydrogens (primary N) is 1. The minimum absolute atomic E-state index is 0.220. The van der Waals surface area contributed by atoms with E-state index in [4.69, 9.17) is 33.7 Å². The topological polar surface area (TPSA) is 48.1 Å². The highest BCUT2D eigenvalue weighted by atomic mass is 79.9. The van der Waals surface area contributed by atoms with E-state index < -0.39 is 0 Å². The van der Waals surface area contributed by atoms with Crippen LogP contribution < -0.4 is 10.5 Å². The van der Waals surface area contributed by atoms with Crippen LogP contribution in [0.15, 0.2) is 28.9 Å². The third-order valence-electron chi connectivity index (χ3n) is 2.58. The van der Waals surface area contributed by atoms with E-state index in [0.29, 0.717) is 27.2 Å². The molecule has 0 aliphatic rings. The predicted molar refractivity (Wildman–Crippen MR) is 81.9 cm³/mol. The van der Waals surface area contributed by atoms with Gasteiger partial charge in [-0.1, -0.05) is 39.1 Å². The van der Waals surface area contributed by atoms with Crippen LogP contribution in [0.3, 0.4) is 0 Å². The Labute approximate surface area is 129 Å². The van der Waals surface area contributed by atoms with E-state index in [1.54, 1.807) is 18.3 Å². The first-order valence-electron chi connectivity index (χ1n) is 5.46. The molecule has 2 rings (SSSR count). The molecule has 1 heterocycles. The van der Waals surface area contributed by atoms with E-state index in [0.717, 1.165) is 10.0 Å². The van der Waals surface area contributed by atoms with Crippen LogP contribution in [0.25, 0.3) is 0 Å². The van der Waals surface area contributed by atoms with Crippen molar-refractivity contribution < 1.29 is 4.74 Å². The Hall–Kier alpha value is -0.970. The average Bonchev–Trinajstić information content (AvgIpc) is 2.31. The number of aromatic nitrogens is 1. The number of pyridine rings is 1. The van der Waals surface area contributed by atoms with Crippen molar-refractivity contribution in [3.05, 3.63) is 50.2 Å². The van der Waals surface area contributed by atoms with E-state index in [9.17, 15) is 0 Å². The van der Waals surface area contributed by atoms with E-state index in [2.05, 4.69) is 20.9 Å². The molecule has 6 heteroatoms. The van der Waals surface area contributed by atoms with Crippen molar-refractivity contribution in [2.45, 2.75) is 13.5 Å². The molecule has 0 aliphatic carbocycles. The monoisotopic (exact) mass is 360 g/mol. The van der Waals surface area contributed by atoms with Gasteiger partial charge in [0.1, 0.15) is 17.5 Å². The summed E-state index contributed by atoms with van der Waals surface area (Å²) in [5, 5.41) is 0.856. The number of ether oxygens (including phenoxy) is 1. The summed E-state index contributed by atoms with van der Waals surface area (Å²) in [5.74, 6) is 0.624. The van der Waals surface area contributed by atoms with Crippen LogP contribution >= 0.6 is 39.1 Å². The van der Waals surface area contributed by atoms with Gasteiger partial charge < -0.3 is 10.5 Å².